The van der Waals surface area contributed by atoms with Crippen molar-refractivity contribution in [1.29, 1.82) is 0 Å². The minimum Gasteiger partial charge on any atom is -0.504 e. The van der Waals surface area contributed by atoms with E-state index in [0.29, 0.717) is 31.6 Å². The number of carbonyl (C=O) groups excluding carboxylic acids is 2. The van der Waals surface area contributed by atoms with E-state index in [1.165, 1.54) is 12.1 Å². The molecule has 1 aromatic carbocycles. The first-order chi connectivity index (χ1) is 12.9. The number of phenols is 3. The molecule has 1 aliphatic heterocycles. The molecule has 2 rings (SSSR count). The number of phenolic OH excluding ortho intramolecular Hbond substituents is 3. The van der Waals surface area contributed by atoms with Crippen LogP contribution in [0.15, 0.2) is 12.1 Å². The molecule has 150 valence electrons. The van der Waals surface area contributed by atoms with Crippen LogP contribution in [0.2, 0.25) is 0 Å². The van der Waals surface area contributed by atoms with Crippen molar-refractivity contribution in [3.05, 3.63) is 17.7 Å². The number of hydrogen-bond acceptors (Lipinski definition) is 5. The third-order valence-electron chi connectivity index (χ3n) is 5.01. The highest BCUT2D eigenvalue weighted by atomic mass is 16.3. The molecule has 0 aliphatic carbocycles. The van der Waals surface area contributed by atoms with Crippen molar-refractivity contribution in [3.63, 3.8) is 0 Å². The van der Waals surface area contributed by atoms with Gasteiger partial charge in [0.25, 0.3) is 0 Å². The van der Waals surface area contributed by atoms with Crippen LogP contribution in [-0.2, 0) is 11.2 Å². The molecule has 1 unspecified atom stereocenters. The number of likely N-dealkylation sites (N-methyl/N-ethyl adjacent to an activating group) is 1. The fourth-order valence-corrected chi connectivity index (χ4v) is 3.40. The van der Waals surface area contributed by atoms with Gasteiger partial charge in [-0.3, -0.25) is 4.79 Å². The Balaban J connectivity index is 1.97. The minimum absolute atomic E-state index is 0.0176. The molecule has 1 saturated heterocycles. The fourth-order valence-electron chi connectivity index (χ4n) is 3.40. The molecule has 4 N–H and O–H groups in total. The summed E-state index contributed by atoms with van der Waals surface area (Å²) in [7, 11) is 0. The number of nitrogens with one attached hydrogen (secondary N) is 1. The fraction of sp³-hybridized carbons (Fsp3) is 0.579. The van der Waals surface area contributed by atoms with Crippen molar-refractivity contribution in [1.82, 2.24) is 15.1 Å². The Bertz CT molecular complexity index is 676. The summed E-state index contributed by atoms with van der Waals surface area (Å²) >= 11 is 0. The molecule has 3 amide bonds. The van der Waals surface area contributed by atoms with Crippen molar-refractivity contribution in [2.45, 2.75) is 45.6 Å². The molecule has 1 atom stereocenters. The van der Waals surface area contributed by atoms with Gasteiger partial charge in [-0.25, -0.2) is 4.79 Å². The first-order valence-corrected chi connectivity index (χ1v) is 9.46. The predicted molar refractivity (Wildman–Crippen MR) is 101 cm³/mol. The van der Waals surface area contributed by atoms with E-state index in [9.17, 15) is 24.9 Å². The molecule has 0 saturated carbocycles. The second kappa shape index (κ2) is 9.34. The van der Waals surface area contributed by atoms with Crippen molar-refractivity contribution < 1.29 is 24.9 Å². The lowest BCUT2D eigenvalue weighted by molar-refractivity contribution is -0.136. The van der Waals surface area contributed by atoms with Crippen LogP contribution in [-0.4, -0.2) is 69.3 Å². The van der Waals surface area contributed by atoms with E-state index in [1.54, 1.807) is 9.80 Å². The SMILES string of the molecule is CCN(CC)C(=O)C1CCCCN1C(=O)NCCc1ccc(O)c(O)c1O. The van der Waals surface area contributed by atoms with E-state index in [1.807, 2.05) is 13.8 Å². The minimum atomic E-state index is -0.570. The number of piperidine rings is 1. The molecule has 0 radical (unpaired) electrons. The van der Waals surface area contributed by atoms with Gasteiger partial charge in [-0.1, -0.05) is 6.07 Å². The maximum Gasteiger partial charge on any atom is 0.318 e. The van der Waals surface area contributed by atoms with Crippen LogP contribution in [0.4, 0.5) is 4.79 Å². The molecule has 0 aromatic heterocycles. The van der Waals surface area contributed by atoms with Crippen LogP contribution in [0.3, 0.4) is 0 Å². The largest absolute Gasteiger partial charge is 0.504 e. The van der Waals surface area contributed by atoms with Crippen LogP contribution >= 0.6 is 0 Å². The van der Waals surface area contributed by atoms with Crippen LogP contribution < -0.4 is 5.32 Å². The van der Waals surface area contributed by atoms with Gasteiger partial charge in [-0.15, -0.1) is 0 Å². The summed E-state index contributed by atoms with van der Waals surface area (Å²) in [6.45, 7) is 5.85. The number of carbonyl (C=O) groups is 2. The maximum absolute atomic E-state index is 12.7. The lowest BCUT2D eigenvalue weighted by Gasteiger charge is -2.37. The standard InChI is InChI=1S/C19H29N3O5/c1-3-21(4-2)18(26)14-7-5-6-12-22(14)19(27)20-11-10-13-8-9-15(23)17(25)16(13)24/h8-9,14,23-25H,3-7,10-12H2,1-2H3,(H,20,27). The molecular weight excluding hydrogens is 350 g/mol. The summed E-state index contributed by atoms with van der Waals surface area (Å²) in [5.41, 5.74) is 0.417. The first kappa shape index (κ1) is 20.7. The molecule has 1 aromatic rings. The summed E-state index contributed by atoms with van der Waals surface area (Å²) in [4.78, 5) is 28.6. The van der Waals surface area contributed by atoms with Crippen LogP contribution in [0.5, 0.6) is 17.2 Å². The zero-order chi connectivity index (χ0) is 20.0. The van der Waals surface area contributed by atoms with Gasteiger partial charge in [0.2, 0.25) is 11.7 Å². The second-order valence-corrected chi connectivity index (χ2v) is 6.64. The molecule has 0 bridgehead atoms. The Labute approximate surface area is 159 Å². The maximum atomic E-state index is 12.7. The van der Waals surface area contributed by atoms with Gasteiger partial charge in [-0.05, 0) is 51.2 Å². The third kappa shape index (κ3) is 4.75. The van der Waals surface area contributed by atoms with Gasteiger partial charge in [0, 0.05) is 26.2 Å². The Hall–Kier alpha value is -2.64. The molecule has 8 nitrogen and oxygen atoms in total. The summed E-state index contributed by atoms with van der Waals surface area (Å²) in [6, 6.07) is 2.03. The number of rotatable bonds is 6. The highest BCUT2D eigenvalue weighted by molar-refractivity contribution is 5.87. The predicted octanol–water partition coefficient (Wildman–Crippen LogP) is 1.78. The van der Waals surface area contributed by atoms with E-state index in [-0.39, 0.29) is 24.9 Å². The molecule has 0 spiro atoms. The lowest BCUT2D eigenvalue weighted by Crippen LogP contribution is -2.55. The number of nitrogens with zero attached hydrogens (tertiary/aromatic N) is 2. The monoisotopic (exact) mass is 379 g/mol. The highest BCUT2D eigenvalue weighted by Crippen LogP contribution is 2.37. The average Bonchev–Trinajstić information content (AvgIpc) is 2.68. The molecule has 1 heterocycles. The van der Waals surface area contributed by atoms with Gasteiger partial charge in [0.15, 0.2) is 11.5 Å². The van der Waals surface area contributed by atoms with Gasteiger partial charge in [-0.2, -0.15) is 0 Å². The Morgan fingerprint density at radius 1 is 1.15 bits per heavy atom. The topological polar surface area (TPSA) is 113 Å². The quantitative estimate of drug-likeness (QED) is 0.563. The van der Waals surface area contributed by atoms with E-state index >= 15 is 0 Å². The summed E-state index contributed by atoms with van der Waals surface area (Å²) in [5, 5.41) is 31.5. The van der Waals surface area contributed by atoms with Gasteiger partial charge in [0.05, 0.1) is 0 Å². The number of urea groups is 1. The Kier molecular flexibility index (Phi) is 7.15. The summed E-state index contributed by atoms with van der Waals surface area (Å²) in [6.07, 6.45) is 2.73. The Morgan fingerprint density at radius 2 is 1.85 bits per heavy atom. The number of amides is 3. The van der Waals surface area contributed by atoms with Crippen LogP contribution in [0.25, 0.3) is 0 Å². The zero-order valence-corrected chi connectivity index (χ0v) is 15.9. The van der Waals surface area contributed by atoms with Gasteiger partial charge in [0.1, 0.15) is 6.04 Å². The second-order valence-electron chi connectivity index (χ2n) is 6.64. The smallest absolute Gasteiger partial charge is 0.318 e. The van der Waals surface area contributed by atoms with Crippen molar-refractivity contribution in [3.8, 4) is 17.2 Å². The van der Waals surface area contributed by atoms with E-state index < -0.39 is 23.3 Å². The number of hydrogen-bond donors (Lipinski definition) is 4. The molecule has 8 heteroatoms. The van der Waals surface area contributed by atoms with Crippen LogP contribution in [0, 0.1) is 0 Å². The third-order valence-corrected chi connectivity index (χ3v) is 5.01. The first-order valence-electron chi connectivity index (χ1n) is 9.46. The number of benzene rings is 1. The molecule has 27 heavy (non-hydrogen) atoms. The van der Waals surface area contributed by atoms with Crippen molar-refractivity contribution >= 4 is 11.9 Å². The van der Waals surface area contributed by atoms with E-state index in [4.69, 9.17) is 0 Å². The van der Waals surface area contributed by atoms with E-state index in [2.05, 4.69) is 5.32 Å². The average molecular weight is 379 g/mol. The van der Waals surface area contributed by atoms with Crippen molar-refractivity contribution in [2.24, 2.45) is 0 Å². The van der Waals surface area contributed by atoms with Crippen LogP contribution in [0.1, 0.15) is 38.7 Å². The summed E-state index contributed by atoms with van der Waals surface area (Å²) < 4.78 is 0. The van der Waals surface area contributed by atoms with E-state index in [0.717, 1.165) is 12.8 Å². The Morgan fingerprint density at radius 3 is 2.52 bits per heavy atom. The molecular formula is C19H29N3O5. The zero-order valence-electron chi connectivity index (χ0n) is 15.9. The van der Waals surface area contributed by atoms with Gasteiger partial charge >= 0.3 is 6.03 Å². The number of aromatic hydroxyl groups is 3. The molecule has 1 aliphatic rings. The number of likely N-dealkylation sites (tertiary alicyclic amines) is 1. The van der Waals surface area contributed by atoms with Gasteiger partial charge < -0.3 is 30.4 Å². The summed E-state index contributed by atoms with van der Waals surface area (Å²) in [5.74, 6) is -1.38. The molecule has 1 fully saturated rings. The lowest BCUT2D eigenvalue weighted by atomic mass is 10.0. The normalized spacial score (nSPS) is 16.8. The highest BCUT2D eigenvalue weighted by Gasteiger charge is 2.33. The van der Waals surface area contributed by atoms with Crippen molar-refractivity contribution in [2.75, 3.05) is 26.2 Å².